The van der Waals surface area contributed by atoms with Gasteiger partial charge in [0.05, 0.1) is 6.54 Å². The van der Waals surface area contributed by atoms with Gasteiger partial charge < -0.3 is 9.47 Å². The fourth-order valence-corrected chi connectivity index (χ4v) is 4.14. The minimum Gasteiger partial charge on any atom is -0.317 e. The van der Waals surface area contributed by atoms with Crippen LogP contribution in [-0.4, -0.2) is 61.2 Å². The molecule has 0 atom stereocenters. The SMILES string of the molecule is CCN1CCN(Cc2nc3c(c(=O)n(C)c(=O)n3C)n2Cc2ccc(Cl)cc2)CC1. The molecule has 3 aromatic rings. The molecule has 30 heavy (non-hydrogen) atoms. The predicted molar refractivity (Wildman–Crippen MR) is 118 cm³/mol. The van der Waals surface area contributed by atoms with E-state index >= 15 is 0 Å². The first-order chi connectivity index (χ1) is 14.4. The number of halogens is 1. The largest absolute Gasteiger partial charge is 0.332 e. The molecule has 1 fully saturated rings. The van der Waals surface area contributed by atoms with Gasteiger partial charge in [-0.2, -0.15) is 0 Å². The average molecular weight is 431 g/mol. The minimum absolute atomic E-state index is 0.323. The van der Waals surface area contributed by atoms with Crippen molar-refractivity contribution in [1.29, 1.82) is 0 Å². The summed E-state index contributed by atoms with van der Waals surface area (Å²) in [6.07, 6.45) is 0. The van der Waals surface area contributed by atoms with Crippen LogP contribution in [0.1, 0.15) is 18.3 Å². The van der Waals surface area contributed by atoms with E-state index in [1.165, 1.54) is 11.6 Å². The van der Waals surface area contributed by atoms with E-state index in [-0.39, 0.29) is 11.2 Å². The summed E-state index contributed by atoms with van der Waals surface area (Å²) in [5, 5.41) is 0.668. The van der Waals surface area contributed by atoms with Crippen molar-refractivity contribution in [3.63, 3.8) is 0 Å². The second kappa shape index (κ2) is 8.37. The Balaban J connectivity index is 1.79. The van der Waals surface area contributed by atoms with Gasteiger partial charge in [0.2, 0.25) is 0 Å². The number of hydrogen-bond acceptors (Lipinski definition) is 5. The molecule has 1 aliphatic rings. The van der Waals surface area contributed by atoms with Gasteiger partial charge in [0.25, 0.3) is 5.56 Å². The Morgan fingerprint density at radius 1 is 0.933 bits per heavy atom. The molecular weight excluding hydrogens is 404 g/mol. The van der Waals surface area contributed by atoms with E-state index < -0.39 is 0 Å². The van der Waals surface area contributed by atoms with E-state index in [1.807, 2.05) is 28.8 Å². The molecular formula is C21H27ClN6O2. The second-order valence-corrected chi connectivity index (χ2v) is 8.27. The molecule has 0 bridgehead atoms. The summed E-state index contributed by atoms with van der Waals surface area (Å²) in [5.74, 6) is 0.795. The van der Waals surface area contributed by atoms with E-state index in [0.717, 1.165) is 48.7 Å². The number of fused-ring (bicyclic) bond motifs is 1. The lowest BCUT2D eigenvalue weighted by Gasteiger charge is -2.33. The molecule has 0 spiro atoms. The highest BCUT2D eigenvalue weighted by Gasteiger charge is 2.22. The van der Waals surface area contributed by atoms with E-state index in [9.17, 15) is 9.59 Å². The standard InChI is InChI=1S/C21H27ClN6O2/c1-4-26-9-11-27(12-10-26)14-17-23-19-18(20(29)25(3)21(30)24(19)2)28(17)13-15-5-7-16(22)8-6-15/h5-8H,4,9-14H2,1-3H3. The number of piperazine rings is 1. The Kier molecular flexibility index (Phi) is 5.81. The van der Waals surface area contributed by atoms with Crippen LogP contribution in [0.5, 0.6) is 0 Å². The first-order valence-electron chi connectivity index (χ1n) is 10.2. The zero-order valence-electron chi connectivity index (χ0n) is 17.6. The molecule has 160 valence electrons. The number of likely N-dealkylation sites (N-methyl/N-ethyl adjacent to an activating group) is 1. The number of rotatable bonds is 5. The van der Waals surface area contributed by atoms with Gasteiger partial charge in [-0.25, -0.2) is 9.78 Å². The molecule has 0 aliphatic carbocycles. The molecule has 4 rings (SSSR count). The van der Waals surface area contributed by atoms with Crippen LogP contribution in [0, 0.1) is 0 Å². The molecule has 0 N–H and O–H groups in total. The van der Waals surface area contributed by atoms with Crippen LogP contribution < -0.4 is 11.2 Å². The predicted octanol–water partition coefficient (Wildman–Crippen LogP) is 1.27. The third-order valence-corrected chi connectivity index (χ3v) is 6.21. The fourth-order valence-electron chi connectivity index (χ4n) is 4.02. The smallest absolute Gasteiger partial charge is 0.317 e. The quantitative estimate of drug-likeness (QED) is 0.609. The first-order valence-corrected chi connectivity index (χ1v) is 10.6. The Hall–Kier alpha value is -2.42. The Morgan fingerprint density at radius 3 is 2.20 bits per heavy atom. The highest BCUT2D eigenvalue weighted by Crippen LogP contribution is 2.18. The van der Waals surface area contributed by atoms with Crippen LogP contribution in [-0.2, 0) is 27.2 Å². The summed E-state index contributed by atoms with van der Waals surface area (Å²) in [6, 6.07) is 7.58. The normalized spacial score (nSPS) is 15.9. The van der Waals surface area contributed by atoms with Crippen molar-refractivity contribution in [1.82, 2.24) is 28.5 Å². The van der Waals surface area contributed by atoms with Crippen LogP contribution in [0.25, 0.3) is 11.2 Å². The zero-order valence-corrected chi connectivity index (χ0v) is 18.4. The lowest BCUT2D eigenvalue weighted by molar-refractivity contribution is 0.129. The summed E-state index contributed by atoms with van der Waals surface area (Å²) >= 11 is 6.04. The maximum Gasteiger partial charge on any atom is 0.332 e. The molecule has 1 aromatic carbocycles. The van der Waals surface area contributed by atoms with Crippen molar-refractivity contribution in [2.75, 3.05) is 32.7 Å². The van der Waals surface area contributed by atoms with E-state index in [1.54, 1.807) is 7.05 Å². The lowest BCUT2D eigenvalue weighted by atomic mass is 10.2. The van der Waals surface area contributed by atoms with Crippen molar-refractivity contribution >= 4 is 22.8 Å². The van der Waals surface area contributed by atoms with Gasteiger partial charge in [0.1, 0.15) is 5.82 Å². The fraction of sp³-hybridized carbons (Fsp3) is 0.476. The monoisotopic (exact) mass is 430 g/mol. The Labute approximate surface area is 179 Å². The molecule has 0 unspecified atom stereocenters. The number of nitrogens with zero attached hydrogens (tertiary/aromatic N) is 6. The molecule has 3 heterocycles. The first kappa shape index (κ1) is 20.8. The Bertz CT molecular complexity index is 1170. The summed E-state index contributed by atoms with van der Waals surface area (Å²) in [6.45, 7) is 8.31. The maximum atomic E-state index is 13.0. The molecule has 8 nitrogen and oxygen atoms in total. The van der Waals surface area contributed by atoms with Crippen LogP contribution in [0.3, 0.4) is 0 Å². The van der Waals surface area contributed by atoms with Crippen LogP contribution in [0.2, 0.25) is 5.02 Å². The highest BCUT2D eigenvalue weighted by molar-refractivity contribution is 6.30. The van der Waals surface area contributed by atoms with Gasteiger partial charge in [0.15, 0.2) is 11.2 Å². The summed E-state index contributed by atoms with van der Waals surface area (Å²) in [5.41, 5.74) is 1.21. The Morgan fingerprint density at radius 2 is 1.57 bits per heavy atom. The van der Waals surface area contributed by atoms with Gasteiger partial charge in [-0.05, 0) is 24.2 Å². The molecule has 0 saturated carbocycles. The second-order valence-electron chi connectivity index (χ2n) is 7.83. The number of imidazole rings is 1. The maximum absolute atomic E-state index is 13.0. The van der Waals surface area contributed by atoms with Crippen LogP contribution in [0.4, 0.5) is 0 Å². The summed E-state index contributed by atoms with van der Waals surface area (Å²) in [4.78, 5) is 35.0. The van der Waals surface area contributed by atoms with Gasteiger partial charge >= 0.3 is 5.69 Å². The molecule has 0 radical (unpaired) electrons. The third-order valence-electron chi connectivity index (χ3n) is 5.96. The molecule has 1 aliphatic heterocycles. The molecule has 2 aromatic heterocycles. The number of aromatic nitrogens is 4. The van der Waals surface area contributed by atoms with E-state index in [0.29, 0.717) is 29.3 Å². The van der Waals surface area contributed by atoms with Crippen LogP contribution in [0.15, 0.2) is 33.9 Å². The molecule has 9 heteroatoms. The van der Waals surface area contributed by atoms with Gasteiger partial charge in [-0.3, -0.25) is 18.8 Å². The van der Waals surface area contributed by atoms with E-state index in [2.05, 4.69) is 16.7 Å². The number of benzene rings is 1. The summed E-state index contributed by atoms with van der Waals surface area (Å²) in [7, 11) is 3.17. The van der Waals surface area contributed by atoms with E-state index in [4.69, 9.17) is 16.6 Å². The van der Waals surface area contributed by atoms with Crippen molar-refractivity contribution in [2.24, 2.45) is 14.1 Å². The van der Waals surface area contributed by atoms with Crippen molar-refractivity contribution < 1.29 is 0 Å². The minimum atomic E-state index is -0.369. The highest BCUT2D eigenvalue weighted by atomic mass is 35.5. The van der Waals surface area contributed by atoms with Crippen molar-refractivity contribution in [2.45, 2.75) is 20.0 Å². The lowest BCUT2D eigenvalue weighted by Crippen LogP contribution is -2.45. The third kappa shape index (κ3) is 3.82. The van der Waals surface area contributed by atoms with Gasteiger partial charge in [-0.15, -0.1) is 0 Å². The van der Waals surface area contributed by atoms with Gasteiger partial charge in [-0.1, -0.05) is 30.7 Å². The topological polar surface area (TPSA) is 68.3 Å². The van der Waals surface area contributed by atoms with Crippen molar-refractivity contribution in [3.8, 4) is 0 Å². The van der Waals surface area contributed by atoms with Crippen LogP contribution >= 0.6 is 11.6 Å². The van der Waals surface area contributed by atoms with Gasteiger partial charge in [0, 0.05) is 51.8 Å². The average Bonchev–Trinajstić information content (AvgIpc) is 3.11. The molecule has 0 amide bonds. The molecule has 1 saturated heterocycles. The van der Waals surface area contributed by atoms with Crippen molar-refractivity contribution in [3.05, 3.63) is 61.5 Å². The number of aryl methyl sites for hydroxylation is 1. The number of hydrogen-bond donors (Lipinski definition) is 0. The summed E-state index contributed by atoms with van der Waals surface area (Å²) < 4.78 is 4.55. The zero-order chi connectivity index (χ0) is 21.4.